The number of fused-ring (bicyclic) bond motifs is 3. The summed E-state index contributed by atoms with van der Waals surface area (Å²) in [7, 11) is 0. The predicted octanol–water partition coefficient (Wildman–Crippen LogP) is 2.28. The summed E-state index contributed by atoms with van der Waals surface area (Å²) in [5.41, 5.74) is 4.93. The van der Waals surface area contributed by atoms with Crippen molar-refractivity contribution in [3.05, 3.63) is 52.7 Å². The van der Waals surface area contributed by atoms with Crippen LogP contribution in [0.1, 0.15) is 16.7 Å². The number of aryl methyl sites for hydroxylation is 1. The van der Waals surface area contributed by atoms with Crippen LogP contribution in [0.5, 0.6) is 0 Å². The molecule has 0 fully saturated rings. The minimum atomic E-state index is 0.0515. The third-order valence-electron chi connectivity index (χ3n) is 2.82. The quantitative estimate of drug-likeness (QED) is 0.624. The summed E-state index contributed by atoms with van der Waals surface area (Å²) in [6.45, 7) is 2.05. The summed E-state index contributed by atoms with van der Waals surface area (Å²) in [6.07, 6.45) is 5.03. The van der Waals surface area contributed by atoms with Gasteiger partial charge in [0.25, 0.3) is 0 Å². The maximum Gasteiger partial charge on any atom is 0.189 e. The third kappa shape index (κ3) is 1.05. The minimum absolute atomic E-state index is 0.0515. The summed E-state index contributed by atoms with van der Waals surface area (Å²) >= 11 is 0. The Balaban J connectivity index is 2.31. The number of aliphatic imine (C=N–C) groups is 1. The van der Waals surface area contributed by atoms with Crippen molar-refractivity contribution in [1.82, 2.24) is 0 Å². The second-order valence-electron chi connectivity index (χ2n) is 3.75. The molecular weight excluding hydrogens is 186 g/mol. The lowest BCUT2D eigenvalue weighted by Crippen LogP contribution is -2.11. The Morgan fingerprint density at radius 2 is 2.13 bits per heavy atom. The summed E-state index contributed by atoms with van der Waals surface area (Å²) in [5, 5.41) is 0. The summed E-state index contributed by atoms with van der Waals surface area (Å²) in [4.78, 5) is 15.9. The highest BCUT2D eigenvalue weighted by atomic mass is 16.1. The van der Waals surface area contributed by atoms with Gasteiger partial charge in [-0.1, -0.05) is 18.2 Å². The number of benzene rings is 1. The van der Waals surface area contributed by atoms with Crippen LogP contribution in [-0.2, 0) is 4.79 Å². The van der Waals surface area contributed by atoms with Crippen molar-refractivity contribution in [2.24, 2.45) is 4.99 Å². The first-order valence-electron chi connectivity index (χ1n) is 4.88. The summed E-state index contributed by atoms with van der Waals surface area (Å²) in [6, 6.07) is 6.05. The zero-order valence-corrected chi connectivity index (χ0v) is 8.32. The van der Waals surface area contributed by atoms with E-state index in [1.165, 1.54) is 11.6 Å². The van der Waals surface area contributed by atoms with E-state index in [1.54, 1.807) is 6.20 Å². The van der Waals surface area contributed by atoms with Crippen molar-refractivity contribution in [3.63, 3.8) is 0 Å². The van der Waals surface area contributed by atoms with Crippen molar-refractivity contribution in [2.45, 2.75) is 6.92 Å². The Morgan fingerprint density at radius 3 is 3.00 bits per heavy atom. The molecule has 1 heterocycles. The monoisotopic (exact) mass is 195 g/mol. The van der Waals surface area contributed by atoms with Gasteiger partial charge in [0.2, 0.25) is 0 Å². The van der Waals surface area contributed by atoms with Gasteiger partial charge in [-0.2, -0.15) is 0 Å². The molecule has 1 aliphatic carbocycles. The molecule has 0 unspecified atom stereocenters. The molecule has 0 amide bonds. The first-order chi connectivity index (χ1) is 7.27. The molecule has 2 heteroatoms. The van der Waals surface area contributed by atoms with Crippen molar-refractivity contribution in [1.29, 1.82) is 0 Å². The molecule has 1 aliphatic heterocycles. The van der Waals surface area contributed by atoms with Gasteiger partial charge in [0.1, 0.15) is 0 Å². The second kappa shape index (κ2) is 2.76. The number of carbonyl (C=O) groups is 1. The van der Waals surface area contributed by atoms with Crippen molar-refractivity contribution < 1.29 is 4.79 Å². The average Bonchev–Trinajstić information content (AvgIpc) is 2.60. The highest BCUT2D eigenvalue weighted by molar-refractivity contribution is 6.38. The van der Waals surface area contributed by atoms with Gasteiger partial charge in [0.15, 0.2) is 5.78 Å². The highest BCUT2D eigenvalue weighted by Gasteiger charge is 2.26. The Labute approximate surface area is 87.7 Å². The van der Waals surface area contributed by atoms with Gasteiger partial charge in [-0.3, -0.25) is 9.79 Å². The second-order valence-corrected chi connectivity index (χ2v) is 3.75. The molecule has 0 aromatic heterocycles. The Hall–Kier alpha value is -1.96. The number of allylic oxidation sites excluding steroid dienone is 2. The predicted molar refractivity (Wildman–Crippen MR) is 59.8 cm³/mol. The van der Waals surface area contributed by atoms with Crippen molar-refractivity contribution in [2.75, 3.05) is 0 Å². The van der Waals surface area contributed by atoms with Gasteiger partial charge in [0, 0.05) is 23.4 Å². The molecule has 1 aromatic rings. The van der Waals surface area contributed by atoms with E-state index < -0.39 is 0 Å². The maximum atomic E-state index is 11.6. The van der Waals surface area contributed by atoms with Gasteiger partial charge >= 0.3 is 0 Å². The number of nitrogens with zero attached hydrogens (tertiary/aromatic N) is 1. The molecule has 15 heavy (non-hydrogen) atoms. The van der Waals surface area contributed by atoms with Crippen LogP contribution in [0.3, 0.4) is 0 Å². The van der Waals surface area contributed by atoms with Gasteiger partial charge < -0.3 is 0 Å². The van der Waals surface area contributed by atoms with Crippen LogP contribution < -0.4 is 0 Å². The topological polar surface area (TPSA) is 29.4 Å². The lowest BCUT2D eigenvalue weighted by molar-refractivity contribution is -0.110. The molecular formula is C13H9NO. The molecule has 0 atom stereocenters. The molecule has 0 N–H and O–H groups in total. The van der Waals surface area contributed by atoms with E-state index in [2.05, 4.69) is 4.99 Å². The highest BCUT2D eigenvalue weighted by Crippen LogP contribution is 2.30. The van der Waals surface area contributed by atoms with Crippen molar-refractivity contribution in [3.8, 4) is 0 Å². The number of hydrogen-bond acceptors (Lipinski definition) is 2. The smallest absolute Gasteiger partial charge is 0.189 e. The molecule has 3 rings (SSSR count). The molecule has 0 radical (unpaired) electrons. The third-order valence-corrected chi connectivity index (χ3v) is 2.82. The number of hydrogen-bond donors (Lipinski definition) is 0. The van der Waals surface area contributed by atoms with Gasteiger partial charge in [-0.05, 0) is 24.1 Å². The van der Waals surface area contributed by atoms with E-state index in [1.807, 2.05) is 31.2 Å². The zero-order valence-electron chi connectivity index (χ0n) is 8.32. The van der Waals surface area contributed by atoms with Crippen LogP contribution in [-0.4, -0.2) is 11.5 Å². The van der Waals surface area contributed by atoms with Crippen LogP contribution >= 0.6 is 0 Å². The van der Waals surface area contributed by atoms with Gasteiger partial charge in [0.05, 0.1) is 5.71 Å². The fraction of sp³-hybridized carbons (Fsp3) is 0.0769. The molecule has 72 valence electrons. The largest absolute Gasteiger partial charge is 0.289 e. The standard InChI is InChI=1S/C13H9NO/c1-8-3-2-4-9-10(8)7-11-12(15)5-6-14-13(9)11/h2-7H,1H3. The summed E-state index contributed by atoms with van der Waals surface area (Å²) < 4.78 is 0. The van der Waals surface area contributed by atoms with E-state index in [-0.39, 0.29) is 5.78 Å². The first kappa shape index (κ1) is 8.36. The molecule has 2 nitrogen and oxygen atoms in total. The maximum absolute atomic E-state index is 11.6. The van der Waals surface area contributed by atoms with E-state index in [9.17, 15) is 4.79 Å². The van der Waals surface area contributed by atoms with Crippen LogP contribution in [0.15, 0.2) is 41.0 Å². The van der Waals surface area contributed by atoms with Crippen LogP contribution in [0.25, 0.3) is 6.08 Å². The number of carbonyl (C=O) groups excluding carboxylic acids is 1. The van der Waals surface area contributed by atoms with Gasteiger partial charge in [-0.25, -0.2) is 0 Å². The molecule has 2 aliphatic rings. The molecule has 0 saturated carbocycles. The minimum Gasteiger partial charge on any atom is -0.289 e. The first-order valence-corrected chi connectivity index (χ1v) is 4.88. The van der Waals surface area contributed by atoms with Crippen molar-refractivity contribution >= 4 is 17.6 Å². The molecule has 0 saturated heterocycles. The van der Waals surface area contributed by atoms with E-state index in [0.29, 0.717) is 0 Å². The lowest BCUT2D eigenvalue weighted by Gasteiger charge is -2.06. The lowest BCUT2D eigenvalue weighted by atomic mass is 10.0. The SMILES string of the molecule is Cc1cccc2c1C=C1C(=O)C=CN=C12. The van der Waals surface area contributed by atoms with Crippen LogP contribution in [0.4, 0.5) is 0 Å². The Kier molecular flexibility index (Phi) is 1.54. The normalized spacial score (nSPS) is 17.0. The number of rotatable bonds is 0. The Bertz CT molecular complexity index is 562. The Morgan fingerprint density at radius 1 is 1.27 bits per heavy atom. The molecule has 0 spiro atoms. The van der Waals surface area contributed by atoms with Crippen LogP contribution in [0, 0.1) is 6.92 Å². The average molecular weight is 195 g/mol. The van der Waals surface area contributed by atoms with E-state index in [4.69, 9.17) is 0 Å². The molecule has 0 bridgehead atoms. The van der Waals surface area contributed by atoms with Gasteiger partial charge in [-0.15, -0.1) is 0 Å². The van der Waals surface area contributed by atoms with E-state index in [0.717, 1.165) is 22.4 Å². The van der Waals surface area contributed by atoms with Crippen LogP contribution in [0.2, 0.25) is 0 Å². The number of ketones is 1. The molecule has 1 aromatic carbocycles. The summed E-state index contributed by atoms with van der Waals surface area (Å²) in [5.74, 6) is 0.0515. The fourth-order valence-electron chi connectivity index (χ4n) is 2.03. The zero-order chi connectivity index (χ0) is 10.4. The fourth-order valence-corrected chi connectivity index (χ4v) is 2.03. The van der Waals surface area contributed by atoms with E-state index >= 15 is 0 Å².